The maximum atomic E-state index is 11.2. The Kier molecular flexibility index (Phi) is 69.4. The molecule has 0 aromatic rings. The van der Waals surface area contributed by atoms with Crippen LogP contribution in [0.5, 0.6) is 0 Å². The number of unbranched alkanes of at least 4 members (excludes halogenated alkanes) is 48. The van der Waals surface area contributed by atoms with E-state index in [1.807, 2.05) is 0 Å². The molecule has 1 aliphatic rings. The van der Waals surface area contributed by atoms with Crippen molar-refractivity contribution >= 4 is 0 Å². The number of ether oxygens (including phenoxy) is 6. The number of hydrogen-bond acceptors (Lipinski definition) is 7. The van der Waals surface area contributed by atoms with Crippen molar-refractivity contribution in [3.63, 3.8) is 0 Å². The van der Waals surface area contributed by atoms with Crippen LogP contribution >= 0.6 is 0 Å². The molecule has 1 rings (SSSR count). The number of hydrogen-bond donors (Lipinski definition) is 1. The number of rotatable bonds is 73. The molecule has 0 saturated carbocycles. The van der Waals surface area contributed by atoms with E-state index in [0.29, 0.717) is 39.6 Å². The van der Waals surface area contributed by atoms with Gasteiger partial charge in [0.05, 0.1) is 19.8 Å². The second-order valence-corrected chi connectivity index (χ2v) is 26.5. The van der Waals surface area contributed by atoms with Crippen LogP contribution in [0.1, 0.15) is 387 Å². The third-order valence-corrected chi connectivity index (χ3v) is 18.0. The van der Waals surface area contributed by atoms with Crippen LogP contribution in [-0.2, 0) is 28.4 Å². The van der Waals surface area contributed by atoms with Crippen molar-refractivity contribution in [1.82, 2.24) is 0 Å². The van der Waals surface area contributed by atoms with Crippen molar-refractivity contribution in [2.24, 2.45) is 0 Å². The van der Waals surface area contributed by atoms with Crippen LogP contribution in [0.3, 0.4) is 0 Å². The van der Waals surface area contributed by atoms with Crippen molar-refractivity contribution in [2.45, 2.75) is 418 Å². The largest absolute Gasteiger partial charge is 0.394 e. The van der Waals surface area contributed by atoms with E-state index >= 15 is 0 Å². The molecule has 0 bridgehead atoms. The van der Waals surface area contributed by atoms with E-state index in [2.05, 4.69) is 76.3 Å². The summed E-state index contributed by atoms with van der Waals surface area (Å²) in [7, 11) is 0. The van der Waals surface area contributed by atoms with Gasteiger partial charge in [0, 0.05) is 26.4 Å². The van der Waals surface area contributed by atoms with Gasteiger partial charge in [0.1, 0.15) is 24.4 Å². The third kappa shape index (κ3) is 58.3. The van der Waals surface area contributed by atoms with Gasteiger partial charge in [-0.2, -0.15) is 0 Å². The molecule has 0 aliphatic carbocycles. The summed E-state index contributed by atoms with van der Waals surface area (Å²) in [6, 6.07) is 0. The Morgan fingerprint density at radius 2 is 0.494 bits per heavy atom. The Hall–Kier alpha value is -1.32. The normalized spacial score (nSPS) is 14.8. The Labute approximate surface area is 543 Å². The lowest BCUT2D eigenvalue weighted by Gasteiger charge is -2.38. The standard InChI is InChI=1S/C80H152O7/c1-5-9-13-17-21-25-29-33-37-41-45-49-53-57-61-65-69-82-76(75-81)77(83-70-66-62-58-54-50-46-42-38-34-30-26-22-18-14-10-6-2)78(84-71-67-63-59-55-51-47-43-39-35-31-27-23-19-15-11-7-3)79(80-86-73-74-87-80)85-72-68-64-60-56-52-48-44-40-36-32-28-24-20-16-12-8-4/h33-40,76-81H,5-32,41-75H2,1-4H3/b37-33-,38-34-,39-35-,40-36-/t76-,77-,78+,79-/m1/s1. The molecule has 1 fully saturated rings. The second-order valence-electron chi connectivity index (χ2n) is 26.5. The fourth-order valence-electron chi connectivity index (χ4n) is 12.2. The van der Waals surface area contributed by atoms with Gasteiger partial charge in [-0.15, -0.1) is 0 Å². The highest BCUT2D eigenvalue weighted by atomic mass is 16.7. The molecular formula is C80H152O7. The molecule has 0 radical (unpaired) electrons. The first kappa shape index (κ1) is 83.7. The lowest BCUT2D eigenvalue weighted by atomic mass is 10.0. The minimum absolute atomic E-state index is 0.132. The number of aliphatic hydroxyl groups is 1. The Balaban J connectivity index is 2.96. The third-order valence-electron chi connectivity index (χ3n) is 18.0. The average molecular weight is 1230 g/mol. The average Bonchev–Trinajstić information content (AvgIpc) is 4.33. The van der Waals surface area contributed by atoms with Gasteiger partial charge in [0.25, 0.3) is 0 Å². The first-order valence-electron chi connectivity index (χ1n) is 39.1. The Morgan fingerprint density at radius 1 is 0.276 bits per heavy atom. The molecule has 1 saturated heterocycles. The van der Waals surface area contributed by atoms with E-state index in [4.69, 9.17) is 28.4 Å². The highest BCUT2D eigenvalue weighted by molar-refractivity contribution is 4.90. The summed E-state index contributed by atoms with van der Waals surface area (Å²) in [5.41, 5.74) is 0. The van der Waals surface area contributed by atoms with Crippen LogP contribution in [0.15, 0.2) is 48.6 Å². The molecule has 0 aromatic heterocycles. The fraction of sp³-hybridized carbons (Fsp3) is 0.900. The first-order chi connectivity index (χ1) is 43.2. The first-order valence-corrected chi connectivity index (χ1v) is 39.1. The van der Waals surface area contributed by atoms with Crippen molar-refractivity contribution < 1.29 is 33.5 Å². The summed E-state index contributed by atoms with van der Waals surface area (Å²) >= 11 is 0. The number of aliphatic hydroxyl groups excluding tert-OH is 1. The van der Waals surface area contributed by atoms with Crippen LogP contribution in [0.2, 0.25) is 0 Å². The molecule has 1 heterocycles. The smallest absolute Gasteiger partial charge is 0.186 e. The molecule has 1 N–H and O–H groups in total. The quantitative estimate of drug-likeness (QED) is 0.0480. The van der Waals surface area contributed by atoms with Gasteiger partial charge in [0.2, 0.25) is 0 Å². The molecule has 1 aliphatic heterocycles. The molecule has 514 valence electrons. The maximum Gasteiger partial charge on any atom is 0.186 e. The summed E-state index contributed by atoms with van der Waals surface area (Å²) in [4.78, 5) is 0. The van der Waals surface area contributed by atoms with E-state index in [-0.39, 0.29) is 6.61 Å². The zero-order chi connectivity index (χ0) is 62.3. The summed E-state index contributed by atoms with van der Waals surface area (Å²) < 4.78 is 40.3. The highest BCUT2D eigenvalue weighted by Crippen LogP contribution is 2.27. The highest BCUT2D eigenvalue weighted by Gasteiger charge is 2.43. The molecule has 7 heteroatoms. The minimum atomic E-state index is -0.546. The lowest BCUT2D eigenvalue weighted by Crippen LogP contribution is -2.55. The van der Waals surface area contributed by atoms with Gasteiger partial charge >= 0.3 is 0 Å². The van der Waals surface area contributed by atoms with Gasteiger partial charge in [0.15, 0.2) is 6.29 Å². The van der Waals surface area contributed by atoms with Gasteiger partial charge < -0.3 is 33.5 Å². The topological polar surface area (TPSA) is 75.6 Å². The van der Waals surface area contributed by atoms with Crippen LogP contribution in [0, 0.1) is 0 Å². The predicted octanol–water partition coefficient (Wildman–Crippen LogP) is 25.0. The van der Waals surface area contributed by atoms with Crippen molar-refractivity contribution in [1.29, 1.82) is 0 Å². The van der Waals surface area contributed by atoms with Gasteiger partial charge in [-0.3, -0.25) is 0 Å². The molecule has 0 unspecified atom stereocenters. The summed E-state index contributed by atoms with van der Waals surface area (Å²) in [5.74, 6) is 0. The second kappa shape index (κ2) is 72.1. The summed E-state index contributed by atoms with van der Waals surface area (Å²) in [6.07, 6.45) is 88.1. The van der Waals surface area contributed by atoms with Gasteiger partial charge in [-0.1, -0.05) is 307 Å². The van der Waals surface area contributed by atoms with E-state index < -0.39 is 30.7 Å². The molecule has 0 aromatic carbocycles. The number of allylic oxidation sites excluding steroid dienone is 8. The van der Waals surface area contributed by atoms with E-state index in [1.54, 1.807) is 0 Å². The molecule has 4 atom stereocenters. The van der Waals surface area contributed by atoms with E-state index in [9.17, 15) is 5.11 Å². The summed E-state index contributed by atoms with van der Waals surface area (Å²) in [5, 5.41) is 11.2. The lowest BCUT2D eigenvalue weighted by molar-refractivity contribution is -0.233. The van der Waals surface area contributed by atoms with Crippen molar-refractivity contribution in [2.75, 3.05) is 46.2 Å². The molecule has 0 spiro atoms. The zero-order valence-corrected chi connectivity index (χ0v) is 58.9. The monoisotopic (exact) mass is 1230 g/mol. The minimum Gasteiger partial charge on any atom is -0.394 e. The molecule has 7 nitrogen and oxygen atoms in total. The van der Waals surface area contributed by atoms with E-state index in [1.165, 1.54) is 308 Å². The van der Waals surface area contributed by atoms with Crippen molar-refractivity contribution in [3.8, 4) is 0 Å². The van der Waals surface area contributed by atoms with Crippen LogP contribution in [0.4, 0.5) is 0 Å². The predicted molar refractivity (Wildman–Crippen MR) is 380 cm³/mol. The van der Waals surface area contributed by atoms with Crippen LogP contribution in [-0.4, -0.2) is 82.1 Å². The van der Waals surface area contributed by atoms with Crippen LogP contribution < -0.4 is 0 Å². The maximum absolute atomic E-state index is 11.2. The summed E-state index contributed by atoms with van der Waals surface area (Å²) in [6.45, 7) is 12.5. The van der Waals surface area contributed by atoms with Gasteiger partial charge in [-0.05, 0) is 128 Å². The SMILES string of the molecule is CCCCCCCC/C=C\CCCCCCCCO[C@@H]([C@H](OCCCCCCCC/C=C\CCCCCCCC)[C@@H](OCCCCCCCC/C=C\CCCCCCCC)C1OCCO1)[C@@H](CO)OCCCCCCCC/C=C\CCCCCCCC. The van der Waals surface area contributed by atoms with Gasteiger partial charge in [-0.25, -0.2) is 0 Å². The zero-order valence-electron chi connectivity index (χ0n) is 58.9. The molecular weight excluding hydrogens is 1070 g/mol. The molecule has 87 heavy (non-hydrogen) atoms. The van der Waals surface area contributed by atoms with Crippen molar-refractivity contribution in [3.05, 3.63) is 48.6 Å². The van der Waals surface area contributed by atoms with Crippen LogP contribution in [0.25, 0.3) is 0 Å². The molecule has 0 amide bonds. The Morgan fingerprint density at radius 3 is 0.759 bits per heavy atom. The Bertz CT molecular complexity index is 1410. The van der Waals surface area contributed by atoms with E-state index in [0.717, 1.165) is 51.4 Å². The fourth-order valence-corrected chi connectivity index (χ4v) is 12.2.